The van der Waals surface area contributed by atoms with E-state index in [2.05, 4.69) is 35.6 Å². The highest BCUT2D eigenvalue weighted by Gasteiger charge is 2.16. The van der Waals surface area contributed by atoms with Gasteiger partial charge in [0.2, 0.25) is 5.95 Å². The summed E-state index contributed by atoms with van der Waals surface area (Å²) in [5, 5.41) is 15.2. The zero-order chi connectivity index (χ0) is 14.1. The van der Waals surface area contributed by atoms with E-state index in [0.717, 1.165) is 29.9 Å². The normalized spacial score (nSPS) is 11.2. The van der Waals surface area contributed by atoms with Gasteiger partial charge in [-0.2, -0.15) is 19.7 Å². The number of anilines is 1. The molecule has 0 fully saturated rings. The maximum Gasteiger partial charge on any atom is 0.226 e. The number of nitrogens with one attached hydrogen (secondary N) is 2. The van der Waals surface area contributed by atoms with Crippen molar-refractivity contribution in [3.05, 3.63) is 17.8 Å². The molecule has 3 aromatic heterocycles. The van der Waals surface area contributed by atoms with Crippen LogP contribution >= 0.6 is 0 Å². The van der Waals surface area contributed by atoms with E-state index >= 15 is 0 Å². The SMILES string of the molecule is CCc1nc(CC)n(-c2nc(NC)nc3[nH]ncc23)n1. The highest BCUT2D eigenvalue weighted by molar-refractivity contribution is 5.82. The van der Waals surface area contributed by atoms with Gasteiger partial charge in [0.25, 0.3) is 0 Å². The molecule has 3 aromatic rings. The first kappa shape index (κ1) is 12.5. The molecule has 3 rings (SSSR count). The number of rotatable bonds is 4. The minimum absolute atomic E-state index is 0.521. The molecule has 3 heterocycles. The third-order valence-corrected chi connectivity index (χ3v) is 3.06. The molecule has 20 heavy (non-hydrogen) atoms. The lowest BCUT2D eigenvalue weighted by Crippen LogP contribution is -2.08. The van der Waals surface area contributed by atoms with E-state index in [4.69, 9.17) is 0 Å². The highest BCUT2D eigenvalue weighted by atomic mass is 15.4. The average Bonchev–Trinajstić information content (AvgIpc) is 3.11. The zero-order valence-electron chi connectivity index (χ0n) is 11.7. The standard InChI is InChI=1S/C12H16N8/c1-4-8-15-9(5-2)20(19-8)11-7-6-14-18-10(7)16-12(13-3)17-11/h6H,4-5H2,1-3H3,(H2,13,14,16,17,18). The van der Waals surface area contributed by atoms with Crippen molar-refractivity contribution in [2.24, 2.45) is 0 Å². The molecule has 2 N–H and O–H groups in total. The van der Waals surface area contributed by atoms with Crippen LogP contribution in [-0.4, -0.2) is 42.0 Å². The van der Waals surface area contributed by atoms with Gasteiger partial charge in [-0.3, -0.25) is 5.10 Å². The molecule has 8 nitrogen and oxygen atoms in total. The predicted molar refractivity (Wildman–Crippen MR) is 74.9 cm³/mol. The molecule has 0 aliphatic rings. The van der Waals surface area contributed by atoms with Crippen LogP contribution in [0.3, 0.4) is 0 Å². The van der Waals surface area contributed by atoms with Crippen molar-refractivity contribution >= 4 is 17.0 Å². The molecule has 0 saturated carbocycles. The van der Waals surface area contributed by atoms with E-state index in [1.54, 1.807) is 17.9 Å². The fourth-order valence-electron chi connectivity index (χ4n) is 2.03. The van der Waals surface area contributed by atoms with Crippen LogP contribution in [0.5, 0.6) is 0 Å². The summed E-state index contributed by atoms with van der Waals surface area (Å²) in [5.41, 5.74) is 0.676. The fraction of sp³-hybridized carbons (Fsp3) is 0.417. The smallest absolute Gasteiger partial charge is 0.226 e. The lowest BCUT2D eigenvalue weighted by Gasteiger charge is -2.06. The second-order valence-electron chi connectivity index (χ2n) is 4.32. The number of nitrogens with zero attached hydrogens (tertiary/aromatic N) is 6. The van der Waals surface area contributed by atoms with Crippen molar-refractivity contribution in [1.82, 2.24) is 34.9 Å². The molecule has 0 saturated heterocycles. The first-order valence-electron chi connectivity index (χ1n) is 6.60. The van der Waals surface area contributed by atoms with Gasteiger partial charge in [0, 0.05) is 19.9 Å². The second kappa shape index (κ2) is 4.87. The van der Waals surface area contributed by atoms with Gasteiger partial charge in [0.1, 0.15) is 5.82 Å². The van der Waals surface area contributed by atoms with Gasteiger partial charge < -0.3 is 5.32 Å². The Bertz CT molecular complexity index is 741. The zero-order valence-corrected chi connectivity index (χ0v) is 11.7. The summed E-state index contributed by atoms with van der Waals surface area (Å²) in [4.78, 5) is 13.3. The van der Waals surface area contributed by atoms with E-state index < -0.39 is 0 Å². The van der Waals surface area contributed by atoms with Gasteiger partial charge in [-0.25, -0.2) is 4.98 Å². The summed E-state index contributed by atoms with van der Waals surface area (Å²) in [5.74, 6) is 2.90. The van der Waals surface area contributed by atoms with E-state index in [1.165, 1.54) is 0 Å². The number of fused-ring (bicyclic) bond motifs is 1. The van der Waals surface area contributed by atoms with Crippen LogP contribution < -0.4 is 5.32 Å². The first-order valence-corrected chi connectivity index (χ1v) is 6.60. The minimum atomic E-state index is 0.521. The van der Waals surface area contributed by atoms with E-state index in [9.17, 15) is 0 Å². The Hall–Kier alpha value is -2.51. The summed E-state index contributed by atoms with van der Waals surface area (Å²) >= 11 is 0. The summed E-state index contributed by atoms with van der Waals surface area (Å²) in [7, 11) is 1.78. The Morgan fingerprint density at radius 3 is 2.75 bits per heavy atom. The average molecular weight is 272 g/mol. The Morgan fingerprint density at radius 1 is 1.20 bits per heavy atom. The topological polar surface area (TPSA) is 97.2 Å². The molecule has 0 aliphatic heterocycles. The third-order valence-electron chi connectivity index (χ3n) is 3.06. The molecule has 0 spiro atoms. The molecular formula is C12H16N8. The second-order valence-corrected chi connectivity index (χ2v) is 4.32. The lowest BCUT2D eigenvalue weighted by atomic mass is 10.3. The predicted octanol–water partition coefficient (Wildman–Crippen LogP) is 1.10. The molecule has 0 radical (unpaired) electrons. The highest BCUT2D eigenvalue weighted by Crippen LogP contribution is 2.20. The van der Waals surface area contributed by atoms with Crippen LogP contribution in [0, 0.1) is 0 Å². The molecule has 104 valence electrons. The molecule has 0 unspecified atom stereocenters. The molecule has 0 bridgehead atoms. The van der Waals surface area contributed by atoms with Crippen LogP contribution in [0.15, 0.2) is 6.20 Å². The summed E-state index contributed by atoms with van der Waals surface area (Å²) in [6, 6.07) is 0. The molecule has 0 aliphatic carbocycles. The van der Waals surface area contributed by atoms with Crippen molar-refractivity contribution in [2.75, 3.05) is 12.4 Å². The molecular weight excluding hydrogens is 256 g/mol. The number of aryl methyl sites for hydroxylation is 2. The maximum absolute atomic E-state index is 4.52. The molecule has 0 amide bonds. The van der Waals surface area contributed by atoms with Crippen LogP contribution in [0.4, 0.5) is 5.95 Å². The van der Waals surface area contributed by atoms with Crippen molar-refractivity contribution in [2.45, 2.75) is 26.7 Å². The van der Waals surface area contributed by atoms with E-state index in [-0.39, 0.29) is 0 Å². The van der Waals surface area contributed by atoms with Crippen LogP contribution in [-0.2, 0) is 12.8 Å². The summed E-state index contributed by atoms with van der Waals surface area (Å²) in [6.07, 6.45) is 3.28. The van der Waals surface area contributed by atoms with Crippen LogP contribution in [0.2, 0.25) is 0 Å². The van der Waals surface area contributed by atoms with E-state index in [1.807, 2.05) is 13.8 Å². The molecule has 0 atom stereocenters. The van der Waals surface area contributed by atoms with Crippen LogP contribution in [0.25, 0.3) is 16.9 Å². The van der Waals surface area contributed by atoms with Crippen molar-refractivity contribution < 1.29 is 0 Å². The summed E-state index contributed by atoms with van der Waals surface area (Å²) < 4.78 is 1.78. The Kier molecular flexibility index (Phi) is 3.05. The number of aromatic nitrogens is 7. The molecule has 8 heteroatoms. The molecule has 0 aromatic carbocycles. The largest absolute Gasteiger partial charge is 0.357 e. The number of H-pyrrole nitrogens is 1. The van der Waals surface area contributed by atoms with Gasteiger partial charge >= 0.3 is 0 Å². The van der Waals surface area contributed by atoms with Gasteiger partial charge in [0.05, 0.1) is 11.6 Å². The number of aromatic amines is 1. The first-order chi connectivity index (χ1) is 9.76. The summed E-state index contributed by atoms with van der Waals surface area (Å²) in [6.45, 7) is 4.08. The Balaban J connectivity index is 2.27. The fourth-order valence-corrected chi connectivity index (χ4v) is 2.03. The Morgan fingerprint density at radius 2 is 2.05 bits per heavy atom. The quantitative estimate of drug-likeness (QED) is 0.738. The third kappa shape index (κ3) is 1.89. The van der Waals surface area contributed by atoms with E-state index in [0.29, 0.717) is 17.4 Å². The van der Waals surface area contributed by atoms with Crippen LogP contribution in [0.1, 0.15) is 25.5 Å². The monoisotopic (exact) mass is 272 g/mol. The van der Waals surface area contributed by atoms with Gasteiger partial charge in [-0.15, -0.1) is 5.10 Å². The maximum atomic E-state index is 4.52. The van der Waals surface area contributed by atoms with Crippen molar-refractivity contribution in [3.8, 4) is 5.82 Å². The number of hydrogen-bond donors (Lipinski definition) is 2. The van der Waals surface area contributed by atoms with Gasteiger partial charge in [-0.05, 0) is 0 Å². The minimum Gasteiger partial charge on any atom is -0.357 e. The number of hydrogen-bond acceptors (Lipinski definition) is 6. The Labute approximate surface area is 115 Å². The van der Waals surface area contributed by atoms with Gasteiger partial charge in [-0.1, -0.05) is 13.8 Å². The van der Waals surface area contributed by atoms with Crippen molar-refractivity contribution in [3.63, 3.8) is 0 Å². The van der Waals surface area contributed by atoms with Gasteiger partial charge in [0.15, 0.2) is 17.3 Å². The lowest BCUT2D eigenvalue weighted by molar-refractivity contribution is 0.774. The van der Waals surface area contributed by atoms with Crippen molar-refractivity contribution in [1.29, 1.82) is 0 Å².